The molecule has 1 heterocycles. The van der Waals surface area contributed by atoms with Crippen molar-refractivity contribution in [3.63, 3.8) is 0 Å². The topological polar surface area (TPSA) is 39.1 Å². The Hall–Kier alpha value is -2.07. The van der Waals surface area contributed by atoms with E-state index in [0.717, 1.165) is 24.4 Å². The summed E-state index contributed by atoms with van der Waals surface area (Å²) in [6.07, 6.45) is 8.14. The molecular weight excluding hydrogens is 262 g/mol. The highest BCUT2D eigenvalue weighted by Gasteiger charge is 2.02. The third kappa shape index (κ3) is 4.76. The first-order valence-corrected chi connectivity index (χ1v) is 7.21. The van der Waals surface area contributed by atoms with Crippen LogP contribution < -0.4 is 10.1 Å². The molecule has 1 N–H and O–H groups in total. The van der Waals surface area contributed by atoms with E-state index >= 15 is 0 Å². The largest absolute Gasteiger partial charge is 0.496 e. The summed E-state index contributed by atoms with van der Waals surface area (Å²) in [5.74, 6) is 0.897. The molecule has 1 aromatic heterocycles. The minimum Gasteiger partial charge on any atom is -0.496 e. The summed E-state index contributed by atoms with van der Waals surface area (Å²) in [6, 6.07) is 8.37. The molecule has 0 aliphatic heterocycles. The number of ether oxygens (including phenoxy) is 1. The average molecular weight is 285 g/mol. The van der Waals surface area contributed by atoms with Crippen LogP contribution >= 0.6 is 0 Å². The van der Waals surface area contributed by atoms with Crippen molar-refractivity contribution in [3.05, 3.63) is 53.9 Å². The van der Waals surface area contributed by atoms with Crippen LogP contribution in [-0.4, -0.2) is 29.5 Å². The lowest BCUT2D eigenvalue weighted by molar-refractivity contribution is 0.414. The van der Waals surface area contributed by atoms with Gasteiger partial charge in [-0.05, 0) is 25.5 Å². The van der Waals surface area contributed by atoms with E-state index < -0.39 is 0 Å². The van der Waals surface area contributed by atoms with Gasteiger partial charge in [-0.1, -0.05) is 30.4 Å². The van der Waals surface area contributed by atoms with Crippen molar-refractivity contribution < 1.29 is 4.74 Å². The van der Waals surface area contributed by atoms with Crippen LogP contribution in [0.5, 0.6) is 5.75 Å². The fraction of sp³-hybridized carbons (Fsp3) is 0.353. The molecule has 0 amide bonds. The number of methoxy groups -OCH3 is 1. The first-order chi connectivity index (χ1) is 10.2. The molecule has 0 bridgehead atoms. The van der Waals surface area contributed by atoms with Crippen molar-refractivity contribution in [1.29, 1.82) is 0 Å². The monoisotopic (exact) mass is 285 g/mol. The number of para-hydroxylation sites is 1. The zero-order valence-electron chi connectivity index (χ0n) is 12.9. The molecule has 0 saturated heterocycles. The number of hydrogen-bond donors (Lipinski definition) is 1. The van der Waals surface area contributed by atoms with Gasteiger partial charge < -0.3 is 10.1 Å². The zero-order valence-corrected chi connectivity index (χ0v) is 12.9. The van der Waals surface area contributed by atoms with Gasteiger partial charge in [0.05, 0.1) is 19.9 Å². The van der Waals surface area contributed by atoms with E-state index in [4.69, 9.17) is 4.74 Å². The third-order valence-corrected chi connectivity index (χ3v) is 3.24. The minimum atomic E-state index is 0.367. The van der Waals surface area contributed by atoms with E-state index in [-0.39, 0.29) is 0 Å². The molecule has 0 spiro atoms. The van der Waals surface area contributed by atoms with E-state index in [2.05, 4.69) is 42.6 Å². The smallest absolute Gasteiger partial charge is 0.126 e. The fourth-order valence-corrected chi connectivity index (χ4v) is 2.17. The second-order valence-electron chi connectivity index (χ2n) is 5.19. The quantitative estimate of drug-likeness (QED) is 0.850. The molecule has 0 aliphatic carbocycles. The summed E-state index contributed by atoms with van der Waals surface area (Å²) in [5.41, 5.74) is 2.29. The number of hydrogen-bond acceptors (Lipinski definition) is 3. The van der Waals surface area contributed by atoms with Gasteiger partial charge in [0.25, 0.3) is 0 Å². The SMILES string of the molecule is COc1ccccc1/C=C/CN[C@@H](C)Cn1cc(C)cn1. The summed E-state index contributed by atoms with van der Waals surface area (Å²) < 4.78 is 7.29. The first kappa shape index (κ1) is 15.3. The molecule has 1 atom stereocenters. The maximum Gasteiger partial charge on any atom is 0.126 e. The highest BCUT2D eigenvalue weighted by Crippen LogP contribution is 2.18. The van der Waals surface area contributed by atoms with Gasteiger partial charge in [-0.25, -0.2) is 0 Å². The van der Waals surface area contributed by atoms with Crippen LogP contribution in [0, 0.1) is 6.92 Å². The average Bonchev–Trinajstić information content (AvgIpc) is 2.89. The molecule has 0 fully saturated rings. The first-order valence-electron chi connectivity index (χ1n) is 7.21. The van der Waals surface area contributed by atoms with Crippen LogP contribution in [0.3, 0.4) is 0 Å². The zero-order chi connectivity index (χ0) is 15.1. The van der Waals surface area contributed by atoms with Crippen molar-refractivity contribution in [2.45, 2.75) is 26.4 Å². The fourth-order valence-electron chi connectivity index (χ4n) is 2.17. The summed E-state index contributed by atoms with van der Waals surface area (Å²) in [6.45, 7) is 5.90. The molecule has 2 aromatic rings. The molecule has 1 aromatic carbocycles. The van der Waals surface area contributed by atoms with Crippen molar-refractivity contribution >= 4 is 6.08 Å². The second-order valence-corrected chi connectivity index (χ2v) is 5.19. The molecule has 4 heteroatoms. The molecule has 2 rings (SSSR count). The van der Waals surface area contributed by atoms with Crippen LogP contribution in [0.1, 0.15) is 18.1 Å². The summed E-state index contributed by atoms with van der Waals surface area (Å²) >= 11 is 0. The van der Waals surface area contributed by atoms with Gasteiger partial charge in [-0.15, -0.1) is 0 Å². The van der Waals surface area contributed by atoms with Crippen molar-refractivity contribution in [3.8, 4) is 5.75 Å². The van der Waals surface area contributed by atoms with Gasteiger partial charge in [0.2, 0.25) is 0 Å². The standard InChI is InChI=1S/C17H23N3O/c1-14-11-19-20(12-14)13-15(2)18-10-6-8-16-7-4-5-9-17(16)21-3/h4-9,11-12,15,18H,10,13H2,1-3H3/b8-6+/t15-/m0/s1. The summed E-state index contributed by atoms with van der Waals surface area (Å²) in [7, 11) is 1.69. The Kier molecular flexibility index (Phi) is 5.58. The molecule has 112 valence electrons. The number of rotatable bonds is 7. The van der Waals surface area contributed by atoms with Crippen molar-refractivity contribution in [2.75, 3.05) is 13.7 Å². The van der Waals surface area contributed by atoms with Gasteiger partial charge >= 0.3 is 0 Å². The Morgan fingerprint density at radius 1 is 1.38 bits per heavy atom. The predicted octanol–water partition coefficient (Wildman–Crippen LogP) is 2.89. The van der Waals surface area contributed by atoms with Gasteiger partial charge in [-0.3, -0.25) is 4.68 Å². The van der Waals surface area contributed by atoms with E-state index in [1.165, 1.54) is 5.56 Å². The summed E-state index contributed by atoms with van der Waals surface area (Å²) in [4.78, 5) is 0. The molecule has 0 saturated carbocycles. The highest BCUT2D eigenvalue weighted by atomic mass is 16.5. The Labute approximate surface area is 126 Å². The molecular formula is C17H23N3O. The summed E-state index contributed by atoms with van der Waals surface area (Å²) in [5, 5.41) is 7.76. The lowest BCUT2D eigenvalue weighted by Gasteiger charge is -2.12. The van der Waals surface area contributed by atoms with Crippen LogP contribution in [0.4, 0.5) is 0 Å². The van der Waals surface area contributed by atoms with Crippen LogP contribution in [0.25, 0.3) is 6.08 Å². The van der Waals surface area contributed by atoms with E-state index in [1.54, 1.807) is 7.11 Å². The number of aryl methyl sites for hydroxylation is 1. The lowest BCUT2D eigenvalue weighted by atomic mass is 10.2. The normalized spacial score (nSPS) is 12.7. The molecule has 0 unspecified atom stereocenters. The number of benzene rings is 1. The Bertz CT molecular complexity index is 589. The van der Waals surface area contributed by atoms with Gasteiger partial charge in [0.1, 0.15) is 5.75 Å². The van der Waals surface area contributed by atoms with Crippen molar-refractivity contribution in [2.24, 2.45) is 0 Å². The van der Waals surface area contributed by atoms with Gasteiger partial charge in [-0.2, -0.15) is 5.10 Å². The maximum atomic E-state index is 5.32. The predicted molar refractivity (Wildman–Crippen MR) is 86.5 cm³/mol. The highest BCUT2D eigenvalue weighted by molar-refractivity contribution is 5.57. The molecule has 4 nitrogen and oxygen atoms in total. The van der Waals surface area contributed by atoms with Gasteiger partial charge in [0.15, 0.2) is 0 Å². The minimum absolute atomic E-state index is 0.367. The number of nitrogens with zero attached hydrogens (tertiary/aromatic N) is 2. The lowest BCUT2D eigenvalue weighted by Crippen LogP contribution is -2.30. The van der Waals surface area contributed by atoms with E-state index in [0.29, 0.717) is 6.04 Å². The maximum absolute atomic E-state index is 5.32. The number of nitrogens with one attached hydrogen (secondary N) is 1. The Morgan fingerprint density at radius 2 is 2.19 bits per heavy atom. The molecule has 21 heavy (non-hydrogen) atoms. The van der Waals surface area contributed by atoms with E-state index in [1.807, 2.05) is 35.1 Å². The van der Waals surface area contributed by atoms with Crippen LogP contribution in [-0.2, 0) is 6.54 Å². The molecule has 0 radical (unpaired) electrons. The second kappa shape index (κ2) is 7.64. The molecule has 0 aliphatic rings. The Balaban J connectivity index is 1.79. The van der Waals surface area contributed by atoms with Crippen LogP contribution in [0.15, 0.2) is 42.7 Å². The van der Waals surface area contributed by atoms with Crippen LogP contribution in [0.2, 0.25) is 0 Å². The van der Waals surface area contributed by atoms with E-state index in [9.17, 15) is 0 Å². The van der Waals surface area contributed by atoms with Gasteiger partial charge in [0, 0.05) is 24.3 Å². The van der Waals surface area contributed by atoms with Crippen molar-refractivity contribution in [1.82, 2.24) is 15.1 Å². The number of aromatic nitrogens is 2. The Morgan fingerprint density at radius 3 is 2.90 bits per heavy atom. The third-order valence-electron chi connectivity index (χ3n) is 3.24.